The van der Waals surface area contributed by atoms with Crippen molar-refractivity contribution in [1.29, 1.82) is 0 Å². The summed E-state index contributed by atoms with van der Waals surface area (Å²) in [5.74, 6) is 0.0998. The molecule has 28 heavy (non-hydrogen) atoms. The lowest BCUT2D eigenvalue weighted by atomic mass is 9.96. The second kappa shape index (κ2) is 7.68. The fourth-order valence-electron chi connectivity index (χ4n) is 4.07. The molecule has 0 aromatic heterocycles. The highest BCUT2D eigenvalue weighted by Gasteiger charge is 2.45. The minimum Gasteiger partial charge on any atom is -0.338 e. The quantitative estimate of drug-likeness (QED) is 0.769. The van der Waals surface area contributed by atoms with Crippen molar-refractivity contribution in [2.24, 2.45) is 0 Å². The molecular weight excluding hydrogens is 418 g/mol. The summed E-state index contributed by atoms with van der Waals surface area (Å²) in [6, 6.07) is 15.5. The SMILES string of the molecule is Cc1cc(C(=O)N2CCC3(CC2)NC(=O)C(Cc2ccccc2)N3)ccc1Br. The van der Waals surface area contributed by atoms with Gasteiger partial charge in [0.1, 0.15) is 0 Å². The number of likely N-dealkylation sites (tertiary alicyclic amines) is 1. The number of carbonyl (C=O) groups is 2. The van der Waals surface area contributed by atoms with Crippen molar-refractivity contribution in [3.05, 3.63) is 69.7 Å². The number of nitrogens with zero attached hydrogens (tertiary/aromatic N) is 1. The Balaban J connectivity index is 1.39. The van der Waals surface area contributed by atoms with Crippen molar-refractivity contribution in [2.45, 2.75) is 37.9 Å². The van der Waals surface area contributed by atoms with E-state index in [2.05, 4.69) is 26.6 Å². The van der Waals surface area contributed by atoms with Crippen LogP contribution in [0.25, 0.3) is 0 Å². The van der Waals surface area contributed by atoms with Gasteiger partial charge < -0.3 is 10.2 Å². The van der Waals surface area contributed by atoms with E-state index >= 15 is 0 Å². The van der Waals surface area contributed by atoms with Crippen molar-refractivity contribution >= 4 is 27.7 Å². The molecule has 0 bridgehead atoms. The molecular formula is C22H24BrN3O2. The molecule has 1 unspecified atom stereocenters. The van der Waals surface area contributed by atoms with Crippen LogP contribution in [0, 0.1) is 6.92 Å². The molecule has 0 radical (unpaired) electrons. The molecule has 2 aliphatic heterocycles. The van der Waals surface area contributed by atoms with Crippen LogP contribution in [0.5, 0.6) is 0 Å². The van der Waals surface area contributed by atoms with Gasteiger partial charge >= 0.3 is 0 Å². The van der Waals surface area contributed by atoms with Crippen LogP contribution in [0.4, 0.5) is 0 Å². The first-order valence-corrected chi connectivity index (χ1v) is 10.4. The molecule has 0 saturated carbocycles. The van der Waals surface area contributed by atoms with Crippen molar-refractivity contribution in [3.8, 4) is 0 Å². The molecule has 6 heteroatoms. The first-order valence-electron chi connectivity index (χ1n) is 9.65. The van der Waals surface area contributed by atoms with Crippen molar-refractivity contribution in [3.63, 3.8) is 0 Å². The van der Waals surface area contributed by atoms with Crippen LogP contribution in [0.3, 0.4) is 0 Å². The molecule has 0 aliphatic carbocycles. The van der Waals surface area contributed by atoms with Crippen LogP contribution in [0.1, 0.15) is 34.3 Å². The average molecular weight is 442 g/mol. The smallest absolute Gasteiger partial charge is 0.253 e. The molecule has 1 atom stereocenters. The van der Waals surface area contributed by atoms with Gasteiger partial charge in [0.25, 0.3) is 5.91 Å². The van der Waals surface area contributed by atoms with Crippen LogP contribution in [0.15, 0.2) is 53.0 Å². The molecule has 5 nitrogen and oxygen atoms in total. The Kier molecular flexibility index (Phi) is 5.25. The van der Waals surface area contributed by atoms with Gasteiger partial charge in [0.05, 0.1) is 11.7 Å². The number of aryl methyl sites for hydroxylation is 1. The Hall–Kier alpha value is -2.18. The van der Waals surface area contributed by atoms with E-state index in [0.717, 1.165) is 15.6 Å². The van der Waals surface area contributed by atoms with E-state index in [9.17, 15) is 9.59 Å². The molecule has 2 N–H and O–H groups in total. The van der Waals surface area contributed by atoms with Gasteiger partial charge in [0, 0.05) is 36.0 Å². The van der Waals surface area contributed by atoms with Gasteiger partial charge in [-0.25, -0.2) is 0 Å². The Bertz CT molecular complexity index is 892. The molecule has 146 valence electrons. The number of nitrogens with one attached hydrogen (secondary N) is 2. The predicted octanol–water partition coefficient (Wildman–Crippen LogP) is 3.02. The highest BCUT2D eigenvalue weighted by Crippen LogP contribution is 2.27. The molecule has 2 aromatic rings. The van der Waals surface area contributed by atoms with E-state index in [0.29, 0.717) is 37.9 Å². The van der Waals surface area contributed by atoms with Crippen LogP contribution in [-0.2, 0) is 11.2 Å². The molecule has 2 aliphatic rings. The number of carbonyl (C=O) groups excluding carboxylic acids is 2. The first kappa shape index (κ1) is 19.2. The summed E-state index contributed by atoms with van der Waals surface area (Å²) in [6.07, 6.45) is 2.10. The molecule has 2 saturated heterocycles. The lowest BCUT2D eigenvalue weighted by Gasteiger charge is -2.39. The Morgan fingerprint density at radius 2 is 1.89 bits per heavy atom. The van der Waals surface area contributed by atoms with E-state index in [1.807, 2.05) is 60.4 Å². The first-order chi connectivity index (χ1) is 13.5. The van der Waals surface area contributed by atoms with Crippen LogP contribution < -0.4 is 10.6 Å². The third kappa shape index (κ3) is 3.84. The third-order valence-corrected chi connectivity index (χ3v) is 6.61. The summed E-state index contributed by atoms with van der Waals surface area (Å²) >= 11 is 3.48. The van der Waals surface area contributed by atoms with E-state index in [1.54, 1.807) is 0 Å². The maximum absolute atomic E-state index is 12.8. The molecule has 4 rings (SSSR count). The molecule has 2 fully saturated rings. The Labute approximate surface area is 173 Å². The number of benzene rings is 2. The van der Waals surface area contributed by atoms with Crippen molar-refractivity contribution in [2.75, 3.05) is 13.1 Å². The number of hydrogen-bond donors (Lipinski definition) is 2. The molecule has 2 amide bonds. The number of halogens is 1. The summed E-state index contributed by atoms with van der Waals surface area (Å²) in [6.45, 7) is 3.23. The summed E-state index contributed by atoms with van der Waals surface area (Å²) < 4.78 is 1.00. The van der Waals surface area contributed by atoms with E-state index < -0.39 is 5.66 Å². The predicted molar refractivity (Wildman–Crippen MR) is 112 cm³/mol. The van der Waals surface area contributed by atoms with E-state index in [4.69, 9.17) is 0 Å². The van der Waals surface area contributed by atoms with E-state index in [-0.39, 0.29) is 17.9 Å². The average Bonchev–Trinajstić information content (AvgIpc) is 2.99. The zero-order chi connectivity index (χ0) is 19.7. The van der Waals surface area contributed by atoms with Crippen molar-refractivity contribution in [1.82, 2.24) is 15.5 Å². The largest absolute Gasteiger partial charge is 0.338 e. The molecule has 2 heterocycles. The maximum Gasteiger partial charge on any atom is 0.253 e. The van der Waals surface area contributed by atoms with Crippen LogP contribution in [0.2, 0.25) is 0 Å². The topological polar surface area (TPSA) is 61.4 Å². The Morgan fingerprint density at radius 1 is 1.18 bits per heavy atom. The monoisotopic (exact) mass is 441 g/mol. The lowest BCUT2D eigenvalue weighted by Crippen LogP contribution is -2.58. The van der Waals surface area contributed by atoms with Gasteiger partial charge in [-0.2, -0.15) is 0 Å². The van der Waals surface area contributed by atoms with Gasteiger partial charge in [0.15, 0.2) is 0 Å². The Morgan fingerprint density at radius 3 is 2.57 bits per heavy atom. The highest BCUT2D eigenvalue weighted by molar-refractivity contribution is 9.10. The second-order valence-corrected chi connectivity index (χ2v) is 8.57. The minimum atomic E-state index is -0.400. The fourth-order valence-corrected chi connectivity index (χ4v) is 4.32. The third-order valence-electron chi connectivity index (χ3n) is 5.72. The zero-order valence-electron chi connectivity index (χ0n) is 15.9. The fraction of sp³-hybridized carbons (Fsp3) is 0.364. The highest BCUT2D eigenvalue weighted by atomic mass is 79.9. The normalized spacial score (nSPS) is 21.0. The van der Waals surface area contributed by atoms with Gasteiger partial charge in [-0.15, -0.1) is 0 Å². The standard InChI is InChI=1S/C22H24BrN3O2/c1-15-13-17(7-8-18(15)23)21(28)26-11-9-22(10-12-26)24-19(20(27)25-22)14-16-5-3-2-4-6-16/h2-8,13,19,24H,9-12,14H2,1H3,(H,25,27). The number of piperidine rings is 1. The zero-order valence-corrected chi connectivity index (χ0v) is 17.5. The van der Waals surface area contributed by atoms with Gasteiger partial charge in [0.2, 0.25) is 5.91 Å². The molecule has 1 spiro atoms. The summed E-state index contributed by atoms with van der Waals surface area (Å²) in [7, 11) is 0. The van der Waals surface area contributed by atoms with Crippen LogP contribution in [-0.4, -0.2) is 41.5 Å². The lowest BCUT2D eigenvalue weighted by molar-refractivity contribution is -0.121. The van der Waals surface area contributed by atoms with Gasteiger partial charge in [-0.3, -0.25) is 14.9 Å². The summed E-state index contributed by atoms with van der Waals surface area (Å²) in [5.41, 5.74) is 2.50. The summed E-state index contributed by atoms with van der Waals surface area (Å²) in [4.78, 5) is 27.2. The number of hydrogen-bond acceptors (Lipinski definition) is 3. The minimum absolute atomic E-state index is 0.0483. The van der Waals surface area contributed by atoms with Gasteiger partial charge in [-0.05, 0) is 42.7 Å². The second-order valence-electron chi connectivity index (χ2n) is 7.71. The maximum atomic E-state index is 12.8. The van der Waals surface area contributed by atoms with Crippen molar-refractivity contribution < 1.29 is 9.59 Å². The number of amides is 2. The number of rotatable bonds is 3. The van der Waals surface area contributed by atoms with E-state index in [1.165, 1.54) is 0 Å². The summed E-state index contributed by atoms with van der Waals surface area (Å²) in [5, 5.41) is 6.68. The van der Waals surface area contributed by atoms with Gasteiger partial charge in [-0.1, -0.05) is 46.3 Å². The van der Waals surface area contributed by atoms with Crippen LogP contribution >= 0.6 is 15.9 Å². The molecule has 2 aromatic carbocycles.